The van der Waals surface area contributed by atoms with Crippen LogP contribution in [-0.2, 0) is 4.79 Å². The van der Waals surface area contributed by atoms with E-state index in [2.05, 4.69) is 48.7 Å². The van der Waals surface area contributed by atoms with E-state index in [1.165, 1.54) is 24.8 Å². The molecule has 1 aromatic rings. The number of benzene rings is 1. The second-order valence-corrected chi connectivity index (χ2v) is 6.47. The zero-order chi connectivity index (χ0) is 15.3. The molecular formula is C18H28N2O. The predicted molar refractivity (Wildman–Crippen MR) is 87.2 cm³/mol. The Bertz CT molecular complexity index is 461. The van der Waals surface area contributed by atoms with Crippen molar-refractivity contribution in [1.82, 2.24) is 10.6 Å². The minimum absolute atomic E-state index is 0.00926. The molecular weight excluding hydrogens is 260 g/mol. The van der Waals surface area contributed by atoms with Gasteiger partial charge in [0.15, 0.2) is 0 Å². The van der Waals surface area contributed by atoms with E-state index in [-0.39, 0.29) is 17.5 Å². The number of aryl methyl sites for hydroxylation is 1. The number of carbonyl (C=O) groups is 1. The van der Waals surface area contributed by atoms with Gasteiger partial charge in [-0.1, -0.05) is 49.1 Å². The Morgan fingerprint density at radius 1 is 1.19 bits per heavy atom. The minimum atomic E-state index is 0.00926. The van der Waals surface area contributed by atoms with Gasteiger partial charge in [0.25, 0.3) is 0 Å². The second-order valence-electron chi connectivity index (χ2n) is 6.47. The van der Waals surface area contributed by atoms with Crippen LogP contribution in [-0.4, -0.2) is 18.5 Å². The van der Waals surface area contributed by atoms with E-state index in [0.717, 1.165) is 18.4 Å². The highest BCUT2D eigenvalue weighted by Gasteiger charge is 2.32. The van der Waals surface area contributed by atoms with Gasteiger partial charge in [-0.05, 0) is 39.3 Å². The van der Waals surface area contributed by atoms with E-state index >= 15 is 0 Å². The molecule has 2 rings (SSSR count). The number of carbonyl (C=O) groups excluding carboxylic acids is 1. The molecule has 0 aliphatic heterocycles. The Labute approximate surface area is 128 Å². The quantitative estimate of drug-likeness (QED) is 0.871. The molecule has 3 heteroatoms. The third-order valence-electron chi connectivity index (χ3n) is 4.79. The summed E-state index contributed by atoms with van der Waals surface area (Å²) in [6, 6.07) is 8.43. The third-order valence-corrected chi connectivity index (χ3v) is 4.79. The van der Waals surface area contributed by atoms with Gasteiger partial charge in [0.1, 0.15) is 0 Å². The molecule has 0 aromatic heterocycles. The van der Waals surface area contributed by atoms with E-state index < -0.39 is 0 Å². The van der Waals surface area contributed by atoms with E-state index in [1.54, 1.807) is 0 Å². The topological polar surface area (TPSA) is 41.1 Å². The van der Waals surface area contributed by atoms with Crippen molar-refractivity contribution >= 4 is 5.91 Å². The number of rotatable bonds is 5. The molecule has 1 saturated carbocycles. The lowest BCUT2D eigenvalue weighted by Gasteiger charge is -2.37. The Balaban J connectivity index is 1.92. The van der Waals surface area contributed by atoms with Crippen molar-refractivity contribution in [2.24, 2.45) is 0 Å². The monoisotopic (exact) mass is 288 g/mol. The molecule has 1 aromatic carbocycles. The van der Waals surface area contributed by atoms with Crippen molar-refractivity contribution in [3.63, 3.8) is 0 Å². The first-order valence-corrected chi connectivity index (χ1v) is 8.09. The summed E-state index contributed by atoms with van der Waals surface area (Å²) >= 11 is 0. The zero-order valence-electron chi connectivity index (χ0n) is 13.5. The first-order valence-electron chi connectivity index (χ1n) is 8.09. The van der Waals surface area contributed by atoms with Gasteiger partial charge in [-0.25, -0.2) is 0 Å². The highest BCUT2D eigenvalue weighted by atomic mass is 16.1. The minimum Gasteiger partial charge on any atom is -0.350 e. The molecule has 1 atom stereocenters. The number of hydrogen-bond donors (Lipinski definition) is 2. The van der Waals surface area contributed by atoms with Gasteiger partial charge in [0.2, 0.25) is 5.91 Å². The van der Waals surface area contributed by atoms with Crippen LogP contribution in [0.25, 0.3) is 0 Å². The van der Waals surface area contributed by atoms with Crippen molar-refractivity contribution in [2.75, 3.05) is 7.05 Å². The summed E-state index contributed by atoms with van der Waals surface area (Å²) in [7, 11) is 1.99. The summed E-state index contributed by atoms with van der Waals surface area (Å²) in [4.78, 5) is 12.4. The molecule has 1 fully saturated rings. The Hall–Kier alpha value is -1.35. The predicted octanol–water partition coefficient (Wildman–Crippen LogP) is 3.48. The fourth-order valence-corrected chi connectivity index (χ4v) is 3.28. The van der Waals surface area contributed by atoms with Crippen LogP contribution in [0.15, 0.2) is 24.3 Å². The lowest BCUT2D eigenvalue weighted by atomic mass is 9.79. The standard InChI is InChI=1S/C18H28N2O/c1-14-7-9-16(10-8-14)15(2)20-17(21)13-18(19-3)11-5-4-6-12-18/h7-10,15,19H,4-6,11-13H2,1-3H3,(H,20,21). The van der Waals surface area contributed by atoms with Crippen molar-refractivity contribution in [1.29, 1.82) is 0 Å². The normalized spacial score (nSPS) is 19.0. The zero-order valence-corrected chi connectivity index (χ0v) is 13.5. The van der Waals surface area contributed by atoms with Crippen LogP contribution in [0.3, 0.4) is 0 Å². The molecule has 3 nitrogen and oxygen atoms in total. The number of hydrogen-bond acceptors (Lipinski definition) is 2. The maximum absolute atomic E-state index is 12.4. The molecule has 1 unspecified atom stereocenters. The van der Waals surface area contributed by atoms with Crippen LogP contribution in [0.4, 0.5) is 0 Å². The van der Waals surface area contributed by atoms with E-state index in [9.17, 15) is 4.79 Å². The van der Waals surface area contributed by atoms with Crippen molar-refractivity contribution < 1.29 is 4.79 Å². The largest absolute Gasteiger partial charge is 0.350 e. The average molecular weight is 288 g/mol. The molecule has 0 saturated heterocycles. The van der Waals surface area contributed by atoms with Gasteiger partial charge in [-0.15, -0.1) is 0 Å². The van der Waals surface area contributed by atoms with Gasteiger partial charge in [-0.3, -0.25) is 4.79 Å². The summed E-state index contributed by atoms with van der Waals surface area (Å²) in [5.41, 5.74) is 2.42. The van der Waals surface area contributed by atoms with Gasteiger partial charge in [0.05, 0.1) is 6.04 Å². The molecule has 1 aliphatic rings. The molecule has 0 heterocycles. The molecule has 0 spiro atoms. The summed E-state index contributed by atoms with van der Waals surface area (Å²) in [5.74, 6) is 0.152. The summed E-state index contributed by atoms with van der Waals surface area (Å²) < 4.78 is 0. The lowest BCUT2D eigenvalue weighted by Crippen LogP contribution is -2.48. The Morgan fingerprint density at radius 2 is 1.81 bits per heavy atom. The molecule has 1 amide bonds. The molecule has 0 radical (unpaired) electrons. The Morgan fingerprint density at radius 3 is 2.38 bits per heavy atom. The summed E-state index contributed by atoms with van der Waals surface area (Å²) in [6.07, 6.45) is 6.54. The van der Waals surface area contributed by atoms with Crippen molar-refractivity contribution in [2.45, 2.75) is 64.0 Å². The van der Waals surface area contributed by atoms with Crippen LogP contribution >= 0.6 is 0 Å². The van der Waals surface area contributed by atoms with Crippen LogP contribution in [0, 0.1) is 6.92 Å². The molecule has 21 heavy (non-hydrogen) atoms. The fraction of sp³-hybridized carbons (Fsp3) is 0.611. The first-order chi connectivity index (χ1) is 10.0. The molecule has 116 valence electrons. The van der Waals surface area contributed by atoms with Crippen LogP contribution in [0.5, 0.6) is 0 Å². The summed E-state index contributed by atoms with van der Waals surface area (Å²) in [5, 5.41) is 6.55. The highest BCUT2D eigenvalue weighted by Crippen LogP contribution is 2.30. The van der Waals surface area contributed by atoms with Crippen LogP contribution in [0.1, 0.15) is 62.6 Å². The number of nitrogens with one attached hydrogen (secondary N) is 2. The molecule has 2 N–H and O–H groups in total. The van der Waals surface area contributed by atoms with Crippen molar-refractivity contribution in [3.8, 4) is 0 Å². The maximum atomic E-state index is 12.4. The smallest absolute Gasteiger partial charge is 0.222 e. The highest BCUT2D eigenvalue weighted by molar-refractivity contribution is 5.77. The Kier molecular flexibility index (Phi) is 5.40. The number of amides is 1. The lowest BCUT2D eigenvalue weighted by molar-refractivity contribution is -0.123. The molecule has 0 bridgehead atoms. The summed E-state index contributed by atoms with van der Waals surface area (Å²) in [6.45, 7) is 4.13. The van der Waals surface area contributed by atoms with Crippen molar-refractivity contribution in [3.05, 3.63) is 35.4 Å². The fourth-order valence-electron chi connectivity index (χ4n) is 3.28. The van der Waals surface area contributed by atoms with Gasteiger partial charge in [0, 0.05) is 12.0 Å². The second kappa shape index (κ2) is 7.08. The maximum Gasteiger partial charge on any atom is 0.222 e. The molecule has 1 aliphatic carbocycles. The van der Waals surface area contributed by atoms with Gasteiger partial charge >= 0.3 is 0 Å². The van der Waals surface area contributed by atoms with Crippen LogP contribution in [0.2, 0.25) is 0 Å². The SMILES string of the molecule is CNC1(CC(=O)NC(C)c2ccc(C)cc2)CCCCC1. The van der Waals surface area contributed by atoms with Gasteiger partial charge in [-0.2, -0.15) is 0 Å². The van der Waals surface area contributed by atoms with E-state index in [1.807, 2.05) is 7.05 Å². The van der Waals surface area contributed by atoms with Crippen LogP contribution < -0.4 is 10.6 Å². The first kappa shape index (κ1) is 16.0. The van der Waals surface area contributed by atoms with E-state index in [4.69, 9.17) is 0 Å². The van der Waals surface area contributed by atoms with E-state index in [0.29, 0.717) is 6.42 Å². The van der Waals surface area contributed by atoms with Gasteiger partial charge < -0.3 is 10.6 Å². The third kappa shape index (κ3) is 4.31. The average Bonchev–Trinajstić information content (AvgIpc) is 2.48.